The molecule has 0 saturated heterocycles. The van der Waals surface area contributed by atoms with Gasteiger partial charge in [0.15, 0.2) is 0 Å². The summed E-state index contributed by atoms with van der Waals surface area (Å²) in [5, 5.41) is 13.5. The van der Waals surface area contributed by atoms with Crippen LogP contribution in [-0.4, -0.2) is 27.7 Å². The molecule has 2 aromatic carbocycles. The van der Waals surface area contributed by atoms with Gasteiger partial charge in [-0.05, 0) is 49.1 Å². The van der Waals surface area contributed by atoms with E-state index in [1.165, 1.54) is 12.1 Å². The van der Waals surface area contributed by atoms with Crippen LogP contribution in [0.25, 0.3) is 10.9 Å². The number of hydrogen-bond donors (Lipinski definition) is 2. The lowest BCUT2D eigenvalue weighted by atomic mass is 9.39. The van der Waals surface area contributed by atoms with Crippen molar-refractivity contribution >= 4 is 16.8 Å². The third-order valence-electron chi connectivity index (χ3n) is 6.52. The molecule has 1 heterocycles. The van der Waals surface area contributed by atoms with Gasteiger partial charge < -0.3 is 15.0 Å². The van der Waals surface area contributed by atoms with Crippen LogP contribution in [0.3, 0.4) is 0 Å². The minimum atomic E-state index is -4.36. The highest BCUT2D eigenvalue weighted by Crippen LogP contribution is 2.66. The number of nitrogens with zero attached hydrogens (tertiary/aromatic N) is 1. The van der Waals surface area contributed by atoms with E-state index in [-0.39, 0.29) is 23.5 Å². The smallest absolute Gasteiger partial charge is 0.396 e. The highest BCUT2D eigenvalue weighted by atomic mass is 19.4. The van der Waals surface area contributed by atoms with E-state index < -0.39 is 11.7 Å². The van der Waals surface area contributed by atoms with Crippen molar-refractivity contribution in [3.8, 4) is 0 Å². The first kappa shape index (κ1) is 19.2. The van der Waals surface area contributed by atoms with Crippen molar-refractivity contribution < 1.29 is 23.1 Å². The minimum absolute atomic E-state index is 0.00207. The van der Waals surface area contributed by atoms with Crippen LogP contribution < -0.4 is 5.32 Å². The molecule has 0 spiro atoms. The number of para-hydroxylation sites is 1. The number of rotatable bonds is 5. The molecule has 1 aromatic heterocycles. The van der Waals surface area contributed by atoms with Gasteiger partial charge in [-0.3, -0.25) is 4.79 Å². The summed E-state index contributed by atoms with van der Waals surface area (Å²) in [6, 6.07) is 12.5. The van der Waals surface area contributed by atoms with Crippen LogP contribution in [0, 0.1) is 5.41 Å². The predicted molar refractivity (Wildman–Crippen MR) is 106 cm³/mol. The minimum Gasteiger partial charge on any atom is -0.396 e. The average Bonchev–Trinajstić information content (AvgIpc) is 3.06. The summed E-state index contributed by atoms with van der Waals surface area (Å²) in [5.74, 6) is -0.154. The van der Waals surface area contributed by atoms with Gasteiger partial charge in [0.05, 0.1) is 16.6 Å². The van der Waals surface area contributed by atoms with Crippen molar-refractivity contribution in [2.45, 2.75) is 37.5 Å². The maximum Gasteiger partial charge on any atom is 0.416 e. The Morgan fingerprint density at radius 1 is 1.07 bits per heavy atom. The summed E-state index contributed by atoms with van der Waals surface area (Å²) < 4.78 is 40.3. The van der Waals surface area contributed by atoms with Gasteiger partial charge in [-0.1, -0.05) is 24.3 Å². The number of hydrogen-bond acceptors (Lipinski definition) is 2. The number of alkyl halides is 3. The van der Waals surface area contributed by atoms with Gasteiger partial charge in [-0.25, -0.2) is 0 Å². The van der Waals surface area contributed by atoms with Gasteiger partial charge in [0.25, 0.3) is 5.91 Å². The van der Waals surface area contributed by atoms with Gasteiger partial charge in [0.1, 0.15) is 0 Å². The van der Waals surface area contributed by atoms with Crippen LogP contribution in [0.5, 0.6) is 0 Å². The molecule has 0 radical (unpaired) electrons. The number of benzene rings is 2. The number of carbonyl (C=O) groups excluding carboxylic acids is 1. The monoisotopic (exact) mass is 414 g/mol. The van der Waals surface area contributed by atoms with E-state index in [1.807, 2.05) is 29.0 Å². The van der Waals surface area contributed by atoms with E-state index in [9.17, 15) is 23.1 Å². The summed E-state index contributed by atoms with van der Waals surface area (Å²) in [7, 11) is 0. The standard InChI is InChI=1S/C23H21F3N2O2/c24-23(25,26)17-6-4-15(5-7-17)10-28-9-8-16-2-1-3-18(19(16)28)20(30)27-22-11-21(12-22,13-22)14-29/h1-9,29H,10-14H2,(H,27,30). The van der Waals surface area contributed by atoms with Crippen molar-refractivity contribution in [2.24, 2.45) is 5.41 Å². The molecular weight excluding hydrogens is 393 g/mol. The van der Waals surface area contributed by atoms with Gasteiger partial charge in [0.2, 0.25) is 0 Å². The molecule has 7 heteroatoms. The second-order valence-corrected chi connectivity index (χ2v) is 8.80. The second kappa shape index (κ2) is 6.35. The molecule has 0 atom stereocenters. The molecular formula is C23H21F3N2O2. The summed E-state index contributed by atoms with van der Waals surface area (Å²) in [4.78, 5) is 13.0. The normalized spacial score (nSPS) is 24.9. The Hall–Kier alpha value is -2.80. The molecule has 4 nitrogen and oxygen atoms in total. The lowest BCUT2D eigenvalue weighted by molar-refractivity contribution is -0.172. The first-order chi connectivity index (χ1) is 14.2. The number of amides is 1. The van der Waals surface area contributed by atoms with E-state index in [0.717, 1.165) is 47.9 Å². The Morgan fingerprint density at radius 3 is 2.40 bits per heavy atom. The van der Waals surface area contributed by atoms with E-state index in [2.05, 4.69) is 5.32 Å². The molecule has 156 valence electrons. The van der Waals surface area contributed by atoms with Gasteiger partial charge >= 0.3 is 6.18 Å². The molecule has 3 aliphatic rings. The first-order valence-corrected chi connectivity index (χ1v) is 9.90. The molecule has 0 unspecified atom stereocenters. The van der Waals surface area contributed by atoms with Crippen LogP contribution in [0.2, 0.25) is 0 Å². The Bertz CT molecular complexity index is 1110. The molecule has 0 aliphatic heterocycles. The van der Waals surface area contributed by atoms with Gasteiger partial charge in [0, 0.05) is 35.7 Å². The van der Waals surface area contributed by atoms with Crippen LogP contribution >= 0.6 is 0 Å². The van der Waals surface area contributed by atoms with Crippen molar-refractivity contribution in [3.63, 3.8) is 0 Å². The number of aromatic nitrogens is 1. The van der Waals surface area contributed by atoms with Crippen molar-refractivity contribution in [1.29, 1.82) is 0 Å². The number of aliphatic hydroxyl groups is 1. The quantitative estimate of drug-likeness (QED) is 0.652. The third kappa shape index (κ3) is 2.99. The Labute approximate surface area is 171 Å². The zero-order chi connectivity index (χ0) is 21.1. The number of aliphatic hydroxyl groups excluding tert-OH is 1. The van der Waals surface area contributed by atoms with Gasteiger partial charge in [-0.2, -0.15) is 13.2 Å². The fraction of sp³-hybridized carbons (Fsp3) is 0.348. The van der Waals surface area contributed by atoms with E-state index in [1.54, 1.807) is 6.07 Å². The molecule has 3 aromatic rings. The summed E-state index contributed by atoms with van der Waals surface area (Å²) in [5.41, 5.74) is 1.16. The summed E-state index contributed by atoms with van der Waals surface area (Å²) in [6.07, 6.45) is -0.0821. The van der Waals surface area contributed by atoms with E-state index >= 15 is 0 Å². The zero-order valence-corrected chi connectivity index (χ0v) is 16.2. The highest BCUT2D eigenvalue weighted by Gasteiger charge is 2.68. The SMILES string of the molecule is O=C(NC12CC(CO)(C1)C2)c1cccc2ccn(Cc3ccc(C(F)(F)F)cc3)c12. The maximum atomic E-state index is 13.0. The molecule has 2 bridgehead atoms. The lowest BCUT2D eigenvalue weighted by Gasteiger charge is -2.70. The lowest BCUT2D eigenvalue weighted by Crippen LogP contribution is -2.75. The van der Waals surface area contributed by atoms with Crippen molar-refractivity contribution in [1.82, 2.24) is 9.88 Å². The maximum absolute atomic E-state index is 13.0. The molecule has 6 rings (SSSR count). The fourth-order valence-electron chi connectivity index (χ4n) is 5.18. The number of fused-ring (bicyclic) bond motifs is 1. The Balaban J connectivity index is 1.40. The van der Waals surface area contributed by atoms with E-state index in [4.69, 9.17) is 0 Å². The van der Waals surface area contributed by atoms with Gasteiger partial charge in [-0.15, -0.1) is 0 Å². The van der Waals surface area contributed by atoms with Crippen LogP contribution in [0.4, 0.5) is 13.2 Å². The molecule has 3 saturated carbocycles. The first-order valence-electron chi connectivity index (χ1n) is 9.90. The summed E-state index contributed by atoms with van der Waals surface area (Å²) in [6.45, 7) is 0.529. The fourth-order valence-corrected chi connectivity index (χ4v) is 5.18. The van der Waals surface area contributed by atoms with Crippen LogP contribution in [0.15, 0.2) is 54.7 Å². The topological polar surface area (TPSA) is 54.3 Å². The van der Waals surface area contributed by atoms with Crippen LogP contribution in [-0.2, 0) is 12.7 Å². The Morgan fingerprint density at radius 2 is 1.77 bits per heavy atom. The molecule has 2 N–H and O–H groups in total. The molecule has 3 aliphatic carbocycles. The molecule has 1 amide bonds. The predicted octanol–water partition coefficient (Wildman–Crippen LogP) is 4.35. The second-order valence-electron chi connectivity index (χ2n) is 8.80. The Kier molecular flexibility index (Phi) is 4.06. The van der Waals surface area contributed by atoms with Crippen LogP contribution in [0.1, 0.15) is 40.7 Å². The third-order valence-corrected chi connectivity index (χ3v) is 6.52. The van der Waals surface area contributed by atoms with E-state index in [0.29, 0.717) is 12.1 Å². The number of carbonyl (C=O) groups is 1. The number of nitrogens with one attached hydrogen (secondary N) is 1. The van der Waals surface area contributed by atoms with Crippen molar-refractivity contribution in [2.75, 3.05) is 6.61 Å². The average molecular weight is 414 g/mol. The molecule has 30 heavy (non-hydrogen) atoms. The molecule has 3 fully saturated rings. The largest absolute Gasteiger partial charge is 0.416 e. The number of halogens is 3. The zero-order valence-electron chi connectivity index (χ0n) is 16.2. The summed E-state index contributed by atoms with van der Waals surface area (Å²) >= 11 is 0. The van der Waals surface area contributed by atoms with Crippen molar-refractivity contribution in [3.05, 3.63) is 71.4 Å². The highest BCUT2D eigenvalue weighted by molar-refractivity contribution is 6.06.